The molecule has 1 aromatic rings. The van der Waals surface area contributed by atoms with E-state index in [-0.39, 0.29) is 18.6 Å². The fourth-order valence-corrected chi connectivity index (χ4v) is 3.85. The average Bonchev–Trinajstić information content (AvgIpc) is 2.72. The third-order valence-corrected chi connectivity index (χ3v) is 5.49. The second-order valence-corrected chi connectivity index (χ2v) is 7.75. The van der Waals surface area contributed by atoms with Crippen LogP contribution in [0.5, 0.6) is 0 Å². The lowest BCUT2D eigenvalue weighted by molar-refractivity contribution is 0.180. The smallest absolute Gasteiger partial charge is 0.136 e. The van der Waals surface area contributed by atoms with Crippen molar-refractivity contribution in [3.05, 3.63) is 35.7 Å². The number of aliphatic hydroxyl groups is 1. The molecule has 2 unspecified atom stereocenters. The van der Waals surface area contributed by atoms with E-state index in [1.807, 2.05) is 32.2 Å². The number of aromatic nitrogens is 1. The summed E-state index contributed by atoms with van der Waals surface area (Å²) in [6.45, 7) is 6.84. The maximum absolute atomic E-state index is 10.0. The van der Waals surface area contributed by atoms with Crippen LogP contribution in [-0.4, -0.2) is 41.2 Å². The van der Waals surface area contributed by atoms with Crippen LogP contribution in [0.3, 0.4) is 0 Å². The molecule has 0 aromatic carbocycles. The Kier molecular flexibility index (Phi) is 9.44. The molecule has 5 N–H and O–H groups in total. The molecule has 1 saturated carbocycles. The standard InChI is InChI=1S/C22H37N5O/c1-4-11-24-21(23)19-12-16(3)13-25-22(19)26-14-17(15-28)20(5-2)27-18-9-7-6-8-10-18/h4,11-13,17-18,20,27-28H,5-10,14-15H2,1-3H3,(H2,23,24)(H,25,26). The van der Waals surface area contributed by atoms with Gasteiger partial charge in [-0.15, -0.1) is 0 Å². The van der Waals surface area contributed by atoms with E-state index in [1.165, 1.54) is 32.1 Å². The minimum Gasteiger partial charge on any atom is -0.396 e. The fraction of sp³-hybridized carbons (Fsp3) is 0.636. The van der Waals surface area contributed by atoms with Gasteiger partial charge in [-0.05, 0) is 44.7 Å². The summed E-state index contributed by atoms with van der Waals surface area (Å²) in [5.74, 6) is 1.25. The molecular weight excluding hydrogens is 350 g/mol. The molecule has 6 heteroatoms. The van der Waals surface area contributed by atoms with Crippen LogP contribution < -0.4 is 16.4 Å². The SMILES string of the molecule is CC=CN=C(N)c1cc(C)cnc1NCC(CO)C(CC)NC1CCCCC1. The van der Waals surface area contributed by atoms with Crippen molar-refractivity contribution in [3.63, 3.8) is 0 Å². The number of amidine groups is 1. The molecule has 1 aromatic heterocycles. The molecule has 0 spiro atoms. The summed E-state index contributed by atoms with van der Waals surface area (Å²) in [5, 5.41) is 17.2. The number of nitrogens with one attached hydrogen (secondary N) is 2. The number of hydrogen-bond donors (Lipinski definition) is 4. The molecule has 2 rings (SSSR count). The first-order valence-corrected chi connectivity index (χ1v) is 10.6. The summed E-state index contributed by atoms with van der Waals surface area (Å²) >= 11 is 0. The highest BCUT2D eigenvalue weighted by Gasteiger charge is 2.24. The third kappa shape index (κ3) is 6.60. The van der Waals surface area contributed by atoms with Crippen LogP contribution in [0.1, 0.15) is 63.5 Å². The van der Waals surface area contributed by atoms with Crippen LogP contribution in [0.15, 0.2) is 29.5 Å². The van der Waals surface area contributed by atoms with E-state index in [1.54, 1.807) is 6.20 Å². The first-order valence-electron chi connectivity index (χ1n) is 10.6. The monoisotopic (exact) mass is 387 g/mol. The van der Waals surface area contributed by atoms with E-state index >= 15 is 0 Å². The van der Waals surface area contributed by atoms with Gasteiger partial charge in [-0.2, -0.15) is 0 Å². The van der Waals surface area contributed by atoms with Crippen LogP contribution in [0.25, 0.3) is 0 Å². The van der Waals surface area contributed by atoms with Gasteiger partial charge in [-0.25, -0.2) is 9.98 Å². The Bertz CT molecular complexity index is 652. The number of anilines is 1. The van der Waals surface area contributed by atoms with Crippen LogP contribution in [0.4, 0.5) is 5.82 Å². The van der Waals surface area contributed by atoms with Gasteiger partial charge in [0.1, 0.15) is 11.7 Å². The number of aliphatic hydroxyl groups excluding tert-OH is 1. The number of allylic oxidation sites excluding steroid dienone is 1. The van der Waals surface area contributed by atoms with E-state index in [0.29, 0.717) is 24.2 Å². The molecule has 0 radical (unpaired) electrons. The molecule has 6 nitrogen and oxygen atoms in total. The predicted octanol–water partition coefficient (Wildman–Crippen LogP) is 3.35. The van der Waals surface area contributed by atoms with Crippen molar-refractivity contribution in [1.29, 1.82) is 0 Å². The zero-order valence-corrected chi connectivity index (χ0v) is 17.6. The number of aliphatic imine (C=N–C) groups is 1. The summed E-state index contributed by atoms with van der Waals surface area (Å²) in [5.41, 5.74) is 7.98. The largest absolute Gasteiger partial charge is 0.396 e. The maximum Gasteiger partial charge on any atom is 0.136 e. The van der Waals surface area contributed by atoms with E-state index in [4.69, 9.17) is 5.73 Å². The molecule has 0 bridgehead atoms. The number of nitrogens with two attached hydrogens (primary N) is 1. The van der Waals surface area contributed by atoms with Gasteiger partial charge in [0.15, 0.2) is 0 Å². The van der Waals surface area contributed by atoms with Gasteiger partial charge in [-0.1, -0.05) is 32.3 Å². The normalized spacial score (nSPS) is 18.4. The zero-order chi connectivity index (χ0) is 20.4. The highest BCUT2D eigenvalue weighted by Crippen LogP contribution is 2.21. The Morgan fingerprint density at radius 3 is 2.79 bits per heavy atom. The molecule has 2 atom stereocenters. The Morgan fingerprint density at radius 1 is 1.39 bits per heavy atom. The van der Waals surface area contributed by atoms with Crippen molar-refractivity contribution in [2.45, 2.75) is 71.4 Å². The van der Waals surface area contributed by atoms with Crippen molar-refractivity contribution in [2.75, 3.05) is 18.5 Å². The Morgan fingerprint density at radius 2 is 2.14 bits per heavy atom. The van der Waals surface area contributed by atoms with Crippen molar-refractivity contribution in [3.8, 4) is 0 Å². The second kappa shape index (κ2) is 11.8. The number of rotatable bonds is 10. The van der Waals surface area contributed by atoms with E-state index in [2.05, 4.69) is 27.5 Å². The quantitative estimate of drug-likeness (QED) is 0.365. The molecular formula is C22H37N5O. The van der Waals surface area contributed by atoms with Gasteiger partial charge >= 0.3 is 0 Å². The van der Waals surface area contributed by atoms with Gasteiger partial charge in [0.05, 0.1) is 5.56 Å². The fourth-order valence-electron chi connectivity index (χ4n) is 3.85. The molecule has 1 aliphatic rings. The lowest BCUT2D eigenvalue weighted by Crippen LogP contribution is -2.46. The molecule has 1 aliphatic carbocycles. The lowest BCUT2D eigenvalue weighted by Gasteiger charge is -2.32. The molecule has 1 heterocycles. The van der Waals surface area contributed by atoms with Crippen LogP contribution in [0, 0.1) is 12.8 Å². The Labute approximate surface area is 169 Å². The number of pyridine rings is 1. The highest BCUT2D eigenvalue weighted by atomic mass is 16.3. The Hall–Kier alpha value is -1.92. The summed E-state index contributed by atoms with van der Waals surface area (Å²) in [4.78, 5) is 8.78. The van der Waals surface area contributed by atoms with Crippen LogP contribution >= 0.6 is 0 Å². The van der Waals surface area contributed by atoms with E-state index < -0.39 is 0 Å². The maximum atomic E-state index is 10.0. The molecule has 0 aliphatic heterocycles. The van der Waals surface area contributed by atoms with Gasteiger partial charge in [0, 0.05) is 43.6 Å². The van der Waals surface area contributed by atoms with Crippen LogP contribution in [0.2, 0.25) is 0 Å². The molecule has 1 fully saturated rings. The topological polar surface area (TPSA) is 95.6 Å². The average molecular weight is 388 g/mol. The van der Waals surface area contributed by atoms with Crippen molar-refractivity contribution in [1.82, 2.24) is 10.3 Å². The molecule has 28 heavy (non-hydrogen) atoms. The van der Waals surface area contributed by atoms with Gasteiger partial charge in [0.25, 0.3) is 0 Å². The van der Waals surface area contributed by atoms with Crippen LogP contribution in [-0.2, 0) is 0 Å². The van der Waals surface area contributed by atoms with Crippen molar-refractivity contribution in [2.24, 2.45) is 16.6 Å². The first kappa shape index (κ1) is 22.4. The van der Waals surface area contributed by atoms with Gasteiger partial charge < -0.3 is 21.5 Å². The predicted molar refractivity (Wildman–Crippen MR) is 118 cm³/mol. The minimum atomic E-state index is 0.108. The molecule has 156 valence electrons. The van der Waals surface area contributed by atoms with E-state index in [0.717, 1.165) is 17.5 Å². The van der Waals surface area contributed by atoms with Crippen molar-refractivity contribution < 1.29 is 5.11 Å². The molecule has 0 saturated heterocycles. The second-order valence-electron chi connectivity index (χ2n) is 7.75. The first-order chi connectivity index (χ1) is 13.6. The van der Waals surface area contributed by atoms with Crippen molar-refractivity contribution >= 4 is 11.7 Å². The highest BCUT2D eigenvalue weighted by molar-refractivity contribution is 6.02. The van der Waals surface area contributed by atoms with E-state index in [9.17, 15) is 5.11 Å². The zero-order valence-electron chi connectivity index (χ0n) is 17.6. The number of hydrogen-bond acceptors (Lipinski definition) is 5. The summed E-state index contributed by atoms with van der Waals surface area (Å²) in [6.07, 6.45) is 12.8. The number of aryl methyl sites for hydroxylation is 1. The number of nitrogens with zero attached hydrogens (tertiary/aromatic N) is 2. The van der Waals surface area contributed by atoms with Gasteiger partial charge in [0.2, 0.25) is 0 Å². The molecule has 0 amide bonds. The summed E-state index contributed by atoms with van der Waals surface area (Å²) in [7, 11) is 0. The summed E-state index contributed by atoms with van der Waals surface area (Å²) in [6, 6.07) is 2.84. The minimum absolute atomic E-state index is 0.108. The Balaban J connectivity index is 2.07. The third-order valence-electron chi connectivity index (χ3n) is 5.49. The summed E-state index contributed by atoms with van der Waals surface area (Å²) < 4.78 is 0. The lowest BCUT2D eigenvalue weighted by atomic mass is 9.91. The van der Waals surface area contributed by atoms with Gasteiger partial charge in [-0.3, -0.25) is 0 Å².